The van der Waals surface area contributed by atoms with Crippen LogP contribution in [0.15, 0.2) is 24.3 Å². The molecule has 0 radical (unpaired) electrons. The molecule has 0 aromatic heterocycles. The molecule has 1 aromatic carbocycles. The SMILES string of the molecule is N[C@@H]1CCCN(Cc2ccc([N+](=O)[O-])cc2)C1. The highest BCUT2D eigenvalue weighted by molar-refractivity contribution is 5.32. The lowest BCUT2D eigenvalue weighted by molar-refractivity contribution is -0.384. The zero-order chi connectivity index (χ0) is 12.3. The first-order valence-corrected chi connectivity index (χ1v) is 5.86. The quantitative estimate of drug-likeness (QED) is 0.636. The number of hydrogen-bond donors (Lipinski definition) is 1. The highest BCUT2D eigenvalue weighted by Gasteiger charge is 2.16. The van der Waals surface area contributed by atoms with Gasteiger partial charge >= 0.3 is 0 Å². The van der Waals surface area contributed by atoms with Crippen molar-refractivity contribution in [2.24, 2.45) is 5.73 Å². The van der Waals surface area contributed by atoms with Gasteiger partial charge in [0, 0.05) is 31.3 Å². The van der Waals surface area contributed by atoms with E-state index in [9.17, 15) is 10.1 Å². The summed E-state index contributed by atoms with van der Waals surface area (Å²) < 4.78 is 0. The smallest absolute Gasteiger partial charge is 0.269 e. The van der Waals surface area contributed by atoms with E-state index in [0.29, 0.717) is 0 Å². The third-order valence-corrected chi connectivity index (χ3v) is 3.10. The number of rotatable bonds is 3. The molecular weight excluding hydrogens is 218 g/mol. The zero-order valence-electron chi connectivity index (χ0n) is 9.71. The Morgan fingerprint density at radius 2 is 2.12 bits per heavy atom. The van der Waals surface area contributed by atoms with Crippen molar-refractivity contribution in [1.82, 2.24) is 4.90 Å². The maximum Gasteiger partial charge on any atom is 0.269 e. The van der Waals surface area contributed by atoms with Crippen molar-refractivity contribution in [3.63, 3.8) is 0 Å². The Bertz CT molecular complexity index is 391. The predicted octanol–water partition coefficient (Wildman–Crippen LogP) is 1.52. The number of nitrogens with zero attached hydrogens (tertiary/aromatic N) is 2. The summed E-state index contributed by atoms with van der Waals surface area (Å²) in [5, 5.41) is 10.5. The van der Waals surface area contributed by atoms with Gasteiger partial charge in [0.2, 0.25) is 0 Å². The number of hydrogen-bond acceptors (Lipinski definition) is 4. The van der Waals surface area contributed by atoms with E-state index in [1.807, 2.05) is 12.1 Å². The number of nitro benzene ring substituents is 1. The van der Waals surface area contributed by atoms with Crippen LogP contribution in [0, 0.1) is 10.1 Å². The predicted molar refractivity (Wildman–Crippen MR) is 65.6 cm³/mol. The topological polar surface area (TPSA) is 72.4 Å². The second kappa shape index (κ2) is 5.25. The van der Waals surface area contributed by atoms with E-state index in [4.69, 9.17) is 5.73 Å². The first-order chi connectivity index (χ1) is 8.15. The number of benzene rings is 1. The fourth-order valence-electron chi connectivity index (χ4n) is 2.22. The van der Waals surface area contributed by atoms with Crippen LogP contribution in [0.1, 0.15) is 18.4 Å². The van der Waals surface area contributed by atoms with Crippen LogP contribution in [0.2, 0.25) is 0 Å². The van der Waals surface area contributed by atoms with Crippen molar-refractivity contribution in [2.45, 2.75) is 25.4 Å². The molecule has 1 heterocycles. The van der Waals surface area contributed by atoms with Crippen LogP contribution < -0.4 is 5.73 Å². The van der Waals surface area contributed by atoms with Gasteiger partial charge in [-0.05, 0) is 24.9 Å². The molecule has 92 valence electrons. The minimum Gasteiger partial charge on any atom is -0.327 e. The molecule has 0 bridgehead atoms. The summed E-state index contributed by atoms with van der Waals surface area (Å²) in [4.78, 5) is 12.5. The van der Waals surface area contributed by atoms with Crippen molar-refractivity contribution < 1.29 is 4.92 Å². The Balaban J connectivity index is 1.96. The Kier molecular flexibility index (Phi) is 3.71. The van der Waals surface area contributed by atoms with E-state index < -0.39 is 0 Å². The zero-order valence-corrected chi connectivity index (χ0v) is 9.71. The van der Waals surface area contributed by atoms with Crippen molar-refractivity contribution in [2.75, 3.05) is 13.1 Å². The third-order valence-electron chi connectivity index (χ3n) is 3.10. The molecule has 0 aliphatic carbocycles. The second-order valence-corrected chi connectivity index (χ2v) is 4.56. The number of non-ortho nitro benzene ring substituents is 1. The number of piperidine rings is 1. The summed E-state index contributed by atoms with van der Waals surface area (Å²) in [6.07, 6.45) is 2.23. The molecule has 2 N–H and O–H groups in total. The van der Waals surface area contributed by atoms with Crippen LogP contribution >= 0.6 is 0 Å². The first-order valence-electron chi connectivity index (χ1n) is 5.86. The molecule has 0 saturated carbocycles. The van der Waals surface area contributed by atoms with Crippen LogP contribution in [0.3, 0.4) is 0 Å². The van der Waals surface area contributed by atoms with E-state index in [1.165, 1.54) is 0 Å². The van der Waals surface area contributed by atoms with Crippen LogP contribution in [0.25, 0.3) is 0 Å². The van der Waals surface area contributed by atoms with E-state index in [0.717, 1.165) is 38.0 Å². The average molecular weight is 235 g/mol. The van der Waals surface area contributed by atoms with Crippen LogP contribution in [0.5, 0.6) is 0 Å². The largest absolute Gasteiger partial charge is 0.327 e. The van der Waals surface area contributed by atoms with Gasteiger partial charge in [0.1, 0.15) is 0 Å². The monoisotopic (exact) mass is 235 g/mol. The van der Waals surface area contributed by atoms with Crippen molar-refractivity contribution in [3.8, 4) is 0 Å². The van der Waals surface area contributed by atoms with Crippen molar-refractivity contribution >= 4 is 5.69 Å². The maximum absolute atomic E-state index is 10.5. The molecule has 1 aromatic rings. The van der Waals surface area contributed by atoms with Gasteiger partial charge in [0.05, 0.1) is 4.92 Å². The highest BCUT2D eigenvalue weighted by atomic mass is 16.6. The van der Waals surface area contributed by atoms with Crippen LogP contribution in [0.4, 0.5) is 5.69 Å². The molecule has 0 spiro atoms. The Labute approximate surface area is 100 Å². The molecule has 5 nitrogen and oxygen atoms in total. The lowest BCUT2D eigenvalue weighted by Gasteiger charge is -2.30. The molecule has 0 amide bonds. The average Bonchev–Trinajstić information content (AvgIpc) is 2.29. The molecular formula is C12H17N3O2. The van der Waals surface area contributed by atoms with Gasteiger partial charge in [-0.15, -0.1) is 0 Å². The van der Waals surface area contributed by atoms with Gasteiger partial charge in [-0.25, -0.2) is 0 Å². The fraction of sp³-hybridized carbons (Fsp3) is 0.500. The van der Waals surface area contributed by atoms with Gasteiger partial charge in [-0.3, -0.25) is 15.0 Å². The standard InChI is InChI=1S/C12H17N3O2/c13-11-2-1-7-14(9-11)8-10-3-5-12(6-4-10)15(16)17/h3-6,11H,1-2,7-9,13H2/t11-/m1/s1. The number of nitrogens with two attached hydrogens (primary N) is 1. The lowest BCUT2D eigenvalue weighted by atomic mass is 10.1. The van der Waals surface area contributed by atoms with E-state index in [-0.39, 0.29) is 16.7 Å². The van der Waals surface area contributed by atoms with Gasteiger partial charge in [-0.2, -0.15) is 0 Å². The van der Waals surface area contributed by atoms with Gasteiger partial charge in [-0.1, -0.05) is 12.1 Å². The summed E-state index contributed by atoms with van der Waals surface area (Å²) in [7, 11) is 0. The Hall–Kier alpha value is -1.46. The molecule has 5 heteroatoms. The van der Waals surface area contributed by atoms with E-state index >= 15 is 0 Å². The third kappa shape index (κ3) is 3.25. The summed E-state index contributed by atoms with van der Waals surface area (Å²) in [5.74, 6) is 0. The molecule has 0 unspecified atom stereocenters. The molecule has 17 heavy (non-hydrogen) atoms. The molecule has 1 saturated heterocycles. The van der Waals surface area contributed by atoms with Crippen LogP contribution in [-0.2, 0) is 6.54 Å². The van der Waals surface area contributed by atoms with Crippen molar-refractivity contribution in [1.29, 1.82) is 0 Å². The van der Waals surface area contributed by atoms with Gasteiger partial charge < -0.3 is 5.73 Å². The Morgan fingerprint density at radius 1 is 1.41 bits per heavy atom. The molecule has 1 fully saturated rings. The normalized spacial score (nSPS) is 21.4. The molecule has 2 rings (SSSR count). The van der Waals surface area contributed by atoms with E-state index in [2.05, 4.69) is 4.90 Å². The second-order valence-electron chi connectivity index (χ2n) is 4.56. The summed E-state index contributed by atoms with van der Waals surface area (Å²) in [6, 6.07) is 7.01. The highest BCUT2D eigenvalue weighted by Crippen LogP contribution is 2.16. The summed E-state index contributed by atoms with van der Waals surface area (Å²) in [6.45, 7) is 2.80. The van der Waals surface area contributed by atoms with Crippen LogP contribution in [-0.4, -0.2) is 29.0 Å². The molecule has 1 atom stereocenters. The Morgan fingerprint density at radius 3 is 2.71 bits per heavy atom. The van der Waals surface area contributed by atoms with Gasteiger partial charge in [0.25, 0.3) is 5.69 Å². The number of likely N-dealkylation sites (tertiary alicyclic amines) is 1. The minimum atomic E-state index is -0.374. The number of nitro groups is 1. The van der Waals surface area contributed by atoms with Crippen molar-refractivity contribution in [3.05, 3.63) is 39.9 Å². The summed E-state index contributed by atoms with van der Waals surface area (Å²) in [5.41, 5.74) is 7.16. The fourth-order valence-corrected chi connectivity index (χ4v) is 2.22. The first kappa shape index (κ1) is 12.0. The lowest BCUT2D eigenvalue weighted by Crippen LogP contribution is -2.42. The summed E-state index contributed by atoms with van der Waals surface area (Å²) >= 11 is 0. The molecule has 1 aliphatic heterocycles. The minimum absolute atomic E-state index is 0.143. The maximum atomic E-state index is 10.5. The van der Waals surface area contributed by atoms with E-state index in [1.54, 1.807) is 12.1 Å². The molecule has 1 aliphatic rings. The van der Waals surface area contributed by atoms with Gasteiger partial charge in [0.15, 0.2) is 0 Å².